The van der Waals surface area contributed by atoms with E-state index in [-0.39, 0.29) is 72.3 Å². The van der Waals surface area contributed by atoms with Crippen molar-refractivity contribution in [2.24, 2.45) is 0 Å². The second-order valence-corrected chi connectivity index (χ2v) is 26.2. The second-order valence-electron chi connectivity index (χ2n) is 26.2. The standard InChI is InChI=1S/C74H73N4O.Pt/c1-70(2,3)52-32-29-49(30-33-52)48-25-27-50(28-26-48)60-42-54(72(7,8)9)43-61(51-31-36-62-63(41-51)74(12,13)39-38-73(62,10)11)69(60)77-47-76(65-23-16-17-24-66(65)77)55-19-18-20-56(45-55)79-57-34-35-59-58-21-14-15-22-64(58)78(67(59)46-57)68-44-53(37-40-75-68)71(4,5)6;/h14-37,40-44,47H,38-39H2,1-13H3;/q-3;/i14D,15D,21D,22D;. The summed E-state index contributed by atoms with van der Waals surface area (Å²) in [7, 11) is 0. The quantitative estimate of drug-likeness (QED) is 0.142. The summed E-state index contributed by atoms with van der Waals surface area (Å²) >= 11 is 0. The van der Waals surface area contributed by atoms with Crippen molar-refractivity contribution < 1.29 is 31.3 Å². The third-order valence-corrected chi connectivity index (χ3v) is 16.6. The molecule has 5 nitrogen and oxygen atoms in total. The van der Waals surface area contributed by atoms with Gasteiger partial charge < -0.3 is 19.1 Å². The maximum atomic E-state index is 9.15. The maximum Gasteiger partial charge on any atom is 0.135 e. The number of benzene rings is 8. The Bertz CT molecular complexity index is 4220. The summed E-state index contributed by atoms with van der Waals surface area (Å²) < 4.78 is 44.0. The molecule has 10 aromatic rings. The Morgan fingerprint density at radius 1 is 0.537 bits per heavy atom. The SMILES string of the molecule is [2H]c1c([2H])c([2H])c2c(c1[2H])c1ccc(Oc3[c-]c(N4[CH-]N(c5c(-c6ccc(-c7ccc(C(C)(C)C)cc7)cc6)cc(C(C)(C)C)cc5-c5ccc6c(c5)C(C)(C)CCC6(C)C)c5ccccc54)ccc3)[c-]c1n2-c1cc(C(C)(C)C)ccn1.[Pt]. The molecule has 0 spiro atoms. The first-order valence-corrected chi connectivity index (χ1v) is 27.9. The fraction of sp³-hybridized carbons (Fsp3) is 0.270. The normalized spacial score (nSPS) is 15.7. The number of fused-ring (bicyclic) bond motifs is 5. The van der Waals surface area contributed by atoms with E-state index < -0.39 is 0 Å². The molecule has 0 atom stereocenters. The van der Waals surface area contributed by atoms with Gasteiger partial charge in [-0.05, 0) is 138 Å². The van der Waals surface area contributed by atoms with Crippen LogP contribution in [0.25, 0.3) is 61.0 Å². The molecule has 0 bridgehead atoms. The summed E-state index contributed by atoms with van der Waals surface area (Å²) in [5.41, 5.74) is 17.9. The number of anilines is 4. The molecule has 408 valence electrons. The van der Waals surface area contributed by atoms with Crippen molar-refractivity contribution in [1.82, 2.24) is 9.55 Å². The maximum absolute atomic E-state index is 9.15. The predicted octanol–water partition coefficient (Wildman–Crippen LogP) is 20.2. The van der Waals surface area contributed by atoms with Gasteiger partial charge in [-0.2, -0.15) is 12.1 Å². The molecule has 0 saturated heterocycles. The average molecular weight is 1230 g/mol. The average Bonchev–Trinajstić information content (AvgIpc) is 2.36. The van der Waals surface area contributed by atoms with Gasteiger partial charge in [0.15, 0.2) is 0 Å². The van der Waals surface area contributed by atoms with Crippen molar-refractivity contribution in [3.8, 4) is 50.7 Å². The van der Waals surface area contributed by atoms with Crippen LogP contribution in [0.1, 0.15) is 136 Å². The Kier molecular flexibility index (Phi) is 12.5. The molecule has 1 aliphatic carbocycles. The van der Waals surface area contributed by atoms with Crippen LogP contribution in [0.2, 0.25) is 0 Å². The Labute approximate surface area is 495 Å². The fourth-order valence-electron chi connectivity index (χ4n) is 11.7. The number of ether oxygens (including phenoxy) is 1. The Morgan fingerprint density at radius 3 is 1.80 bits per heavy atom. The number of aromatic nitrogens is 2. The van der Waals surface area contributed by atoms with Crippen molar-refractivity contribution in [2.45, 2.75) is 130 Å². The van der Waals surface area contributed by atoms with Gasteiger partial charge in [-0.3, -0.25) is 0 Å². The molecule has 12 rings (SSSR count). The third kappa shape index (κ3) is 9.99. The van der Waals surface area contributed by atoms with Crippen LogP contribution in [0.15, 0.2) is 176 Å². The topological polar surface area (TPSA) is 33.5 Å². The molecule has 0 radical (unpaired) electrons. The van der Waals surface area contributed by atoms with E-state index in [0.717, 1.165) is 57.8 Å². The molecule has 6 heteroatoms. The Balaban J connectivity index is 0.00000736. The summed E-state index contributed by atoms with van der Waals surface area (Å²) in [6.07, 6.45) is 4.01. The summed E-state index contributed by atoms with van der Waals surface area (Å²) in [5.74, 6) is 1.38. The van der Waals surface area contributed by atoms with E-state index in [1.165, 1.54) is 38.9 Å². The van der Waals surface area contributed by atoms with Crippen LogP contribution < -0.4 is 14.5 Å². The molecule has 2 aromatic heterocycles. The number of pyridine rings is 1. The first kappa shape index (κ1) is 49.8. The Hall–Kier alpha value is -7.20. The summed E-state index contributed by atoms with van der Waals surface area (Å²) in [5, 5.41) is 1.01. The van der Waals surface area contributed by atoms with Crippen molar-refractivity contribution >= 4 is 44.6 Å². The van der Waals surface area contributed by atoms with E-state index in [0.29, 0.717) is 39.1 Å². The zero-order valence-corrected chi connectivity index (χ0v) is 50.7. The summed E-state index contributed by atoms with van der Waals surface area (Å²) in [6, 6.07) is 58.5. The van der Waals surface area contributed by atoms with Crippen LogP contribution in [0.3, 0.4) is 0 Å². The first-order chi connectivity index (χ1) is 39.2. The van der Waals surface area contributed by atoms with Crippen molar-refractivity contribution in [3.63, 3.8) is 0 Å². The first-order valence-electron chi connectivity index (χ1n) is 29.9. The van der Waals surface area contributed by atoms with Gasteiger partial charge >= 0.3 is 0 Å². The van der Waals surface area contributed by atoms with Gasteiger partial charge in [0.1, 0.15) is 5.82 Å². The number of nitrogens with zero attached hydrogens (tertiary/aromatic N) is 4. The molecular weight excluding hydrogens is 1160 g/mol. The van der Waals surface area contributed by atoms with Gasteiger partial charge in [0.05, 0.1) is 5.48 Å². The minimum Gasteiger partial charge on any atom is -0.509 e. The predicted molar refractivity (Wildman–Crippen MR) is 332 cm³/mol. The minimum absolute atomic E-state index is 0. The molecular formula is C74H73N4OPt-3. The van der Waals surface area contributed by atoms with Gasteiger partial charge in [-0.15, -0.1) is 48.1 Å². The van der Waals surface area contributed by atoms with E-state index in [9.17, 15) is 0 Å². The summed E-state index contributed by atoms with van der Waals surface area (Å²) in [4.78, 5) is 9.34. The number of hydrogen-bond donors (Lipinski definition) is 0. The van der Waals surface area contributed by atoms with Crippen molar-refractivity contribution in [3.05, 3.63) is 223 Å². The molecule has 0 fully saturated rings. The van der Waals surface area contributed by atoms with Crippen molar-refractivity contribution in [1.29, 1.82) is 0 Å². The monoisotopic (exact) mass is 1230 g/mol. The second kappa shape index (κ2) is 20.1. The smallest absolute Gasteiger partial charge is 0.135 e. The van der Waals surface area contributed by atoms with Crippen LogP contribution in [-0.2, 0) is 48.1 Å². The number of para-hydroxylation sites is 3. The van der Waals surface area contributed by atoms with E-state index in [2.05, 4.69) is 228 Å². The largest absolute Gasteiger partial charge is 0.509 e. The van der Waals surface area contributed by atoms with Crippen LogP contribution in [0, 0.1) is 18.8 Å². The summed E-state index contributed by atoms with van der Waals surface area (Å²) in [6.45, 7) is 31.9. The molecule has 2 aliphatic rings. The van der Waals surface area contributed by atoms with Crippen LogP contribution >= 0.6 is 0 Å². The molecule has 0 saturated carbocycles. The van der Waals surface area contributed by atoms with E-state index in [1.807, 2.05) is 30.3 Å². The van der Waals surface area contributed by atoms with E-state index >= 15 is 0 Å². The van der Waals surface area contributed by atoms with Crippen LogP contribution in [0.4, 0.5) is 22.7 Å². The number of rotatable bonds is 8. The van der Waals surface area contributed by atoms with E-state index in [4.69, 9.17) is 15.2 Å². The van der Waals surface area contributed by atoms with Crippen LogP contribution in [0.5, 0.6) is 11.5 Å². The van der Waals surface area contributed by atoms with Gasteiger partial charge in [-0.1, -0.05) is 193 Å². The third-order valence-electron chi connectivity index (χ3n) is 16.6. The van der Waals surface area contributed by atoms with Gasteiger partial charge in [-0.25, -0.2) is 4.98 Å². The molecule has 0 amide bonds. The molecule has 1 aliphatic heterocycles. The zero-order valence-electron chi connectivity index (χ0n) is 52.4. The van der Waals surface area contributed by atoms with Gasteiger partial charge in [0, 0.05) is 72.5 Å². The van der Waals surface area contributed by atoms with Gasteiger partial charge in [0.2, 0.25) is 0 Å². The molecule has 8 aromatic carbocycles. The van der Waals surface area contributed by atoms with E-state index in [1.54, 1.807) is 16.8 Å². The fourth-order valence-corrected chi connectivity index (χ4v) is 11.7. The zero-order chi connectivity index (χ0) is 58.9. The number of hydrogen-bond acceptors (Lipinski definition) is 4. The minimum atomic E-state index is -0.311. The van der Waals surface area contributed by atoms with Crippen LogP contribution in [-0.4, -0.2) is 9.55 Å². The molecule has 0 unspecified atom stereocenters. The molecule has 3 heterocycles. The molecule has 0 N–H and O–H groups in total. The molecule has 80 heavy (non-hydrogen) atoms. The van der Waals surface area contributed by atoms with Gasteiger partial charge in [0.25, 0.3) is 0 Å². The van der Waals surface area contributed by atoms with Crippen molar-refractivity contribution in [2.75, 3.05) is 9.80 Å². The Morgan fingerprint density at radius 2 is 1.12 bits per heavy atom.